The van der Waals surface area contributed by atoms with E-state index in [1.165, 1.54) is 19.2 Å². The number of halogens is 1. The summed E-state index contributed by atoms with van der Waals surface area (Å²) in [5.41, 5.74) is 5.80. The van der Waals surface area contributed by atoms with E-state index in [1.807, 2.05) is 0 Å². The molecule has 1 saturated heterocycles. The third-order valence-corrected chi connectivity index (χ3v) is 5.56. The molecule has 3 rings (SSSR count). The van der Waals surface area contributed by atoms with Crippen LogP contribution in [-0.4, -0.2) is 43.6 Å². The first kappa shape index (κ1) is 22.9. The first-order valence-corrected chi connectivity index (χ1v) is 10.1. The maximum Gasteiger partial charge on any atom is 0.316 e. The number of anilines is 1. The van der Waals surface area contributed by atoms with E-state index in [2.05, 4.69) is 11.4 Å². The maximum absolute atomic E-state index is 13.2. The highest BCUT2D eigenvalue weighted by Gasteiger charge is 2.36. The van der Waals surface area contributed by atoms with Crippen LogP contribution >= 0.6 is 0 Å². The molecule has 0 atom stereocenters. The third kappa shape index (κ3) is 5.66. The lowest BCUT2D eigenvalue weighted by molar-refractivity contribution is -0.135. The van der Waals surface area contributed by atoms with Crippen molar-refractivity contribution in [2.75, 3.05) is 32.1 Å². The molecule has 9 heteroatoms. The summed E-state index contributed by atoms with van der Waals surface area (Å²) in [6.07, 6.45) is 1.54. The van der Waals surface area contributed by atoms with Gasteiger partial charge in [0.25, 0.3) is 5.91 Å². The Hall–Kier alpha value is -3.80. The number of benzene rings is 2. The monoisotopic (exact) mass is 440 g/mol. The highest BCUT2D eigenvalue weighted by atomic mass is 19.1. The van der Waals surface area contributed by atoms with Crippen LogP contribution in [0.25, 0.3) is 0 Å². The summed E-state index contributed by atoms with van der Waals surface area (Å²) in [6, 6.07) is 12.6. The normalized spacial score (nSPS) is 14.8. The Kier molecular flexibility index (Phi) is 7.15. The quantitative estimate of drug-likeness (QED) is 0.686. The summed E-state index contributed by atoms with van der Waals surface area (Å²) in [5, 5.41) is 12.2. The number of nitrogens with one attached hydrogen (secondary N) is 1. The first-order valence-electron chi connectivity index (χ1n) is 10.1. The Morgan fingerprint density at radius 2 is 1.91 bits per heavy atom. The van der Waals surface area contributed by atoms with E-state index in [9.17, 15) is 19.2 Å². The number of nitrogens with zero attached hydrogens (tertiary/aromatic N) is 2. The zero-order valence-corrected chi connectivity index (χ0v) is 17.8. The topological polar surface area (TPSA) is 118 Å². The van der Waals surface area contributed by atoms with Gasteiger partial charge < -0.3 is 25.4 Å². The summed E-state index contributed by atoms with van der Waals surface area (Å²) in [6.45, 7) is 0.598. The molecule has 0 unspecified atom stereocenters. The minimum absolute atomic E-state index is 0.230. The van der Waals surface area contributed by atoms with Crippen LogP contribution in [0.3, 0.4) is 0 Å². The fraction of sp³-hybridized carbons (Fsp3) is 0.348. The molecule has 2 aromatic carbocycles. The standard InChI is InChI=1S/C23H25FN4O4/c1-31-18-6-7-19(27-22(26)30)20(12-18)32-14-21(29)28-10-8-23(15-25,9-11-28)13-16-2-4-17(24)5-3-16/h2-7,12H,8-11,13-14H2,1H3,(H3,26,27,30). The highest BCUT2D eigenvalue weighted by Crippen LogP contribution is 2.35. The van der Waals surface area contributed by atoms with E-state index in [0.29, 0.717) is 43.8 Å². The van der Waals surface area contributed by atoms with Crippen LogP contribution < -0.4 is 20.5 Å². The van der Waals surface area contributed by atoms with Gasteiger partial charge in [-0.05, 0) is 49.1 Å². The van der Waals surface area contributed by atoms with Crippen LogP contribution in [0, 0.1) is 22.6 Å². The molecule has 0 bridgehead atoms. The molecule has 0 aromatic heterocycles. The second kappa shape index (κ2) is 10.0. The minimum Gasteiger partial charge on any atom is -0.497 e. The Bertz CT molecular complexity index is 1010. The SMILES string of the molecule is COc1ccc(NC(N)=O)c(OCC(=O)N2CCC(C#N)(Cc3ccc(F)cc3)CC2)c1. The number of ether oxygens (including phenoxy) is 2. The van der Waals surface area contributed by atoms with E-state index >= 15 is 0 Å². The van der Waals surface area contributed by atoms with Crippen LogP contribution in [0.15, 0.2) is 42.5 Å². The maximum atomic E-state index is 13.2. The van der Waals surface area contributed by atoms with Gasteiger partial charge in [-0.25, -0.2) is 9.18 Å². The minimum atomic E-state index is -0.753. The number of methoxy groups -OCH3 is 1. The fourth-order valence-corrected chi connectivity index (χ4v) is 3.72. The van der Waals surface area contributed by atoms with Crippen molar-refractivity contribution in [2.45, 2.75) is 19.3 Å². The van der Waals surface area contributed by atoms with E-state index < -0.39 is 11.4 Å². The van der Waals surface area contributed by atoms with Crippen LogP contribution in [0.2, 0.25) is 0 Å². The van der Waals surface area contributed by atoms with Gasteiger partial charge in [0.1, 0.15) is 17.3 Å². The van der Waals surface area contributed by atoms with Crippen molar-refractivity contribution in [3.8, 4) is 17.6 Å². The molecule has 2 aromatic rings. The molecule has 0 aliphatic carbocycles. The molecular weight excluding hydrogens is 415 g/mol. The lowest BCUT2D eigenvalue weighted by Crippen LogP contribution is -2.45. The predicted molar refractivity (Wildman–Crippen MR) is 116 cm³/mol. The number of carbonyl (C=O) groups excluding carboxylic acids is 2. The summed E-state index contributed by atoms with van der Waals surface area (Å²) in [4.78, 5) is 25.5. The summed E-state index contributed by atoms with van der Waals surface area (Å²) < 4.78 is 23.9. The largest absolute Gasteiger partial charge is 0.497 e. The number of carbonyl (C=O) groups is 2. The van der Waals surface area contributed by atoms with Gasteiger partial charge in [0.05, 0.1) is 24.3 Å². The van der Waals surface area contributed by atoms with Crippen molar-refractivity contribution in [2.24, 2.45) is 11.1 Å². The second-order valence-electron chi connectivity index (χ2n) is 7.72. The van der Waals surface area contributed by atoms with Gasteiger partial charge in [-0.1, -0.05) is 12.1 Å². The number of amides is 3. The predicted octanol–water partition coefficient (Wildman–Crippen LogP) is 3.08. The molecule has 1 aliphatic rings. The third-order valence-electron chi connectivity index (χ3n) is 5.56. The van der Waals surface area contributed by atoms with E-state index in [-0.39, 0.29) is 24.1 Å². The van der Waals surface area contributed by atoms with Gasteiger partial charge in [-0.3, -0.25) is 4.79 Å². The fourth-order valence-electron chi connectivity index (χ4n) is 3.72. The summed E-state index contributed by atoms with van der Waals surface area (Å²) >= 11 is 0. The van der Waals surface area contributed by atoms with Crippen LogP contribution in [-0.2, 0) is 11.2 Å². The summed E-state index contributed by atoms with van der Waals surface area (Å²) in [7, 11) is 1.49. The Balaban J connectivity index is 1.59. The Morgan fingerprint density at radius 3 is 2.50 bits per heavy atom. The van der Waals surface area contributed by atoms with Gasteiger partial charge in [0.15, 0.2) is 6.61 Å². The van der Waals surface area contributed by atoms with Crippen LogP contribution in [0.1, 0.15) is 18.4 Å². The van der Waals surface area contributed by atoms with E-state index in [4.69, 9.17) is 15.2 Å². The van der Waals surface area contributed by atoms with Gasteiger partial charge in [-0.15, -0.1) is 0 Å². The van der Waals surface area contributed by atoms with Crippen molar-refractivity contribution < 1.29 is 23.5 Å². The first-order chi connectivity index (χ1) is 15.3. The van der Waals surface area contributed by atoms with Crippen LogP contribution in [0.5, 0.6) is 11.5 Å². The molecule has 1 fully saturated rings. The number of nitrogens with two attached hydrogens (primary N) is 1. The number of primary amides is 1. The molecular formula is C23H25FN4O4. The number of hydrogen-bond acceptors (Lipinski definition) is 5. The van der Waals surface area contributed by atoms with Crippen LogP contribution in [0.4, 0.5) is 14.9 Å². The zero-order valence-electron chi connectivity index (χ0n) is 17.8. The van der Waals surface area contributed by atoms with Crippen molar-refractivity contribution in [3.63, 3.8) is 0 Å². The molecule has 0 radical (unpaired) electrons. The molecule has 0 spiro atoms. The van der Waals surface area contributed by atoms with Crippen molar-refractivity contribution in [1.82, 2.24) is 4.90 Å². The van der Waals surface area contributed by atoms with E-state index in [0.717, 1.165) is 5.56 Å². The second-order valence-corrected chi connectivity index (χ2v) is 7.72. The zero-order chi connectivity index (χ0) is 23.1. The lowest BCUT2D eigenvalue weighted by Gasteiger charge is -2.37. The van der Waals surface area contributed by atoms with Crippen molar-refractivity contribution in [1.29, 1.82) is 5.26 Å². The molecule has 1 heterocycles. The smallest absolute Gasteiger partial charge is 0.316 e. The molecule has 8 nitrogen and oxygen atoms in total. The molecule has 168 valence electrons. The average Bonchev–Trinajstić information content (AvgIpc) is 2.80. The Labute approximate surface area is 185 Å². The Morgan fingerprint density at radius 1 is 1.22 bits per heavy atom. The van der Waals surface area contributed by atoms with Crippen molar-refractivity contribution >= 4 is 17.6 Å². The van der Waals surface area contributed by atoms with E-state index in [1.54, 1.807) is 35.2 Å². The number of hydrogen-bond donors (Lipinski definition) is 2. The number of likely N-dealkylation sites (tertiary alicyclic amines) is 1. The highest BCUT2D eigenvalue weighted by molar-refractivity contribution is 5.90. The van der Waals surface area contributed by atoms with Crippen molar-refractivity contribution in [3.05, 3.63) is 53.8 Å². The number of rotatable bonds is 7. The number of nitriles is 1. The lowest BCUT2D eigenvalue weighted by atomic mass is 9.75. The molecule has 32 heavy (non-hydrogen) atoms. The van der Waals surface area contributed by atoms with Gasteiger partial charge in [0, 0.05) is 19.2 Å². The molecule has 0 saturated carbocycles. The van der Waals surface area contributed by atoms with Gasteiger partial charge >= 0.3 is 6.03 Å². The molecule has 3 amide bonds. The van der Waals surface area contributed by atoms with Gasteiger partial charge in [0.2, 0.25) is 0 Å². The number of urea groups is 1. The van der Waals surface area contributed by atoms with Gasteiger partial charge in [-0.2, -0.15) is 5.26 Å². The molecule has 1 aliphatic heterocycles. The average molecular weight is 440 g/mol. The number of piperidine rings is 1. The summed E-state index contributed by atoms with van der Waals surface area (Å²) in [5.74, 6) is 0.216. The molecule has 3 N–H and O–H groups in total.